The van der Waals surface area contributed by atoms with Crippen LogP contribution in [0.3, 0.4) is 0 Å². The van der Waals surface area contributed by atoms with E-state index in [0.717, 1.165) is 0 Å². The second-order valence-electron chi connectivity index (χ2n) is 3.43. The Kier molecular flexibility index (Phi) is 4.00. The van der Waals surface area contributed by atoms with E-state index in [0.29, 0.717) is 0 Å². The van der Waals surface area contributed by atoms with E-state index in [9.17, 15) is 20.1 Å². The van der Waals surface area contributed by atoms with Crippen molar-refractivity contribution in [1.82, 2.24) is 5.32 Å². The average molecular weight is 220 g/mol. The number of aliphatic hydroxyl groups excluding tert-OH is 3. The van der Waals surface area contributed by atoms with Gasteiger partial charge in [0.1, 0.15) is 24.4 Å². The number of carbonyl (C=O) groups is 1. The van der Waals surface area contributed by atoms with Crippen LogP contribution in [0.4, 0.5) is 0 Å². The van der Waals surface area contributed by atoms with Crippen molar-refractivity contribution in [2.75, 3.05) is 6.61 Å². The quantitative estimate of drug-likeness (QED) is 0.405. The number of aliphatic hydroxyl groups is 3. The van der Waals surface area contributed by atoms with Gasteiger partial charge >= 0.3 is 0 Å². The second kappa shape index (κ2) is 4.86. The van der Waals surface area contributed by atoms with Gasteiger partial charge in [0.2, 0.25) is 12.2 Å². The molecule has 87 valence electrons. The third-order valence-corrected chi connectivity index (χ3v) is 2.25. The Labute approximate surface area is 86.3 Å². The third-order valence-electron chi connectivity index (χ3n) is 2.25. The number of hydrogen-bond acceptors (Lipinski definition) is 5. The lowest BCUT2D eigenvalue weighted by Gasteiger charge is -2.39. The van der Waals surface area contributed by atoms with E-state index in [1.54, 1.807) is 0 Å². The van der Waals surface area contributed by atoms with Gasteiger partial charge in [-0.3, -0.25) is 4.79 Å². The van der Waals surface area contributed by atoms with Gasteiger partial charge in [0.05, 0.1) is 6.61 Å². The summed E-state index contributed by atoms with van der Waals surface area (Å²) >= 11 is 0. The summed E-state index contributed by atoms with van der Waals surface area (Å²) in [4.78, 5) is 10.7. The monoisotopic (exact) mass is 220 g/mol. The summed E-state index contributed by atoms with van der Waals surface area (Å²) in [6.45, 7) is 0.619. The maximum atomic E-state index is 11.3. The normalized spacial score (nSPS) is 41.3. The van der Waals surface area contributed by atoms with Crippen molar-refractivity contribution >= 4 is 5.91 Å². The molecule has 1 aliphatic rings. The summed E-state index contributed by atoms with van der Waals surface area (Å²) in [7, 11) is 0. The summed E-state index contributed by atoms with van der Waals surface area (Å²) in [5, 5.41) is 41.2. The predicted molar refractivity (Wildman–Crippen MR) is 46.1 cm³/mol. The van der Waals surface area contributed by atoms with Crippen LogP contribution in [0.15, 0.2) is 0 Å². The van der Waals surface area contributed by atoms with Gasteiger partial charge in [-0.1, -0.05) is 0 Å². The van der Waals surface area contributed by atoms with E-state index < -0.39 is 43.2 Å². The molecule has 1 heterocycles. The summed E-state index contributed by atoms with van der Waals surface area (Å²) in [6.07, 6.45) is -5.66. The first-order chi connectivity index (χ1) is 6.97. The highest BCUT2D eigenvalue weighted by Gasteiger charge is 2.44. The molecule has 1 saturated heterocycles. The molecule has 0 saturated carbocycles. The maximum absolute atomic E-state index is 11.3. The van der Waals surface area contributed by atoms with Gasteiger partial charge in [0.25, 0.3) is 0 Å². The number of carbonyl (C=O) groups excluding carboxylic acids is 1. The van der Waals surface area contributed by atoms with Gasteiger partial charge in [-0.05, 0) is 0 Å². The van der Waals surface area contributed by atoms with Crippen molar-refractivity contribution < 1.29 is 30.0 Å². The van der Waals surface area contributed by atoms with Crippen LogP contribution in [0.5, 0.6) is 0 Å². The van der Waals surface area contributed by atoms with E-state index in [1.165, 1.54) is 6.92 Å². The second-order valence-corrected chi connectivity index (χ2v) is 3.43. The molecule has 7 heteroatoms. The highest BCUT2D eigenvalue weighted by molar-refractivity contribution is 5.73. The molecule has 4 N–H and O–H groups in total. The van der Waals surface area contributed by atoms with Gasteiger partial charge in [-0.25, -0.2) is 0 Å². The standard InChI is InChI=1S/C8H14NO6/c1-3(11)9-5-7(13)6(12)4(2-10)15-8(5)14/h4-8,10,12-13H,2H2,1H3,(H,9,11)/t4-,5-,6-,7-,8-/m1/s1. The topological polar surface area (TPSA) is 119 Å². The molecule has 0 aliphatic carbocycles. The molecule has 0 spiro atoms. The molecular formula is C8H14NO6. The molecule has 0 aromatic rings. The van der Waals surface area contributed by atoms with Gasteiger partial charge in [-0.15, -0.1) is 0 Å². The van der Waals surface area contributed by atoms with Crippen LogP contribution in [0.2, 0.25) is 0 Å². The first-order valence-electron chi connectivity index (χ1n) is 4.52. The fourth-order valence-corrected chi connectivity index (χ4v) is 1.47. The summed E-state index contributed by atoms with van der Waals surface area (Å²) in [5.74, 6) is -0.502. The number of hydrogen-bond donors (Lipinski definition) is 4. The molecular weight excluding hydrogens is 206 g/mol. The lowest BCUT2D eigenvalue weighted by atomic mass is 9.97. The SMILES string of the molecule is CC(=O)N[C@@H]1[C@@H](O)[C@H](O)[C@@H](CO)O[C@H]1[O]. The summed E-state index contributed by atoms with van der Waals surface area (Å²) in [5.41, 5.74) is 0. The molecule has 1 amide bonds. The van der Waals surface area contributed by atoms with E-state index >= 15 is 0 Å². The van der Waals surface area contributed by atoms with Crippen molar-refractivity contribution in [3.8, 4) is 0 Å². The van der Waals surface area contributed by atoms with Crippen LogP contribution >= 0.6 is 0 Å². The summed E-state index contributed by atoms with van der Waals surface area (Å²) < 4.78 is 4.70. The molecule has 15 heavy (non-hydrogen) atoms. The first kappa shape index (κ1) is 12.3. The minimum atomic E-state index is -1.70. The van der Waals surface area contributed by atoms with Crippen LogP contribution in [0.1, 0.15) is 6.92 Å². The van der Waals surface area contributed by atoms with E-state index in [4.69, 9.17) is 9.84 Å². The van der Waals surface area contributed by atoms with Gasteiger partial charge < -0.3 is 25.4 Å². The van der Waals surface area contributed by atoms with Crippen LogP contribution in [-0.2, 0) is 14.6 Å². The minimum absolute atomic E-state index is 0.502. The zero-order valence-electron chi connectivity index (χ0n) is 8.16. The minimum Gasteiger partial charge on any atom is -0.394 e. The molecule has 7 nitrogen and oxygen atoms in total. The Morgan fingerprint density at radius 1 is 1.40 bits per heavy atom. The molecule has 0 unspecified atom stereocenters. The smallest absolute Gasteiger partial charge is 0.217 e. The van der Waals surface area contributed by atoms with Crippen molar-refractivity contribution in [3.05, 3.63) is 0 Å². The summed E-state index contributed by atoms with van der Waals surface area (Å²) in [6, 6.07) is -1.21. The molecule has 0 bridgehead atoms. The number of rotatable bonds is 2. The zero-order valence-corrected chi connectivity index (χ0v) is 8.16. The first-order valence-corrected chi connectivity index (χ1v) is 4.52. The van der Waals surface area contributed by atoms with Crippen molar-refractivity contribution in [2.45, 2.75) is 37.6 Å². The Hall–Kier alpha value is -0.730. The molecule has 1 aliphatic heterocycles. The number of nitrogens with one attached hydrogen (secondary N) is 1. The Balaban J connectivity index is 2.70. The number of ether oxygens (including phenoxy) is 1. The van der Waals surface area contributed by atoms with Crippen LogP contribution in [0.25, 0.3) is 0 Å². The highest BCUT2D eigenvalue weighted by Crippen LogP contribution is 2.19. The van der Waals surface area contributed by atoms with Gasteiger partial charge in [0, 0.05) is 6.92 Å². The fraction of sp³-hybridized carbons (Fsp3) is 0.875. The Morgan fingerprint density at radius 2 is 2.00 bits per heavy atom. The van der Waals surface area contributed by atoms with Crippen molar-refractivity contribution in [3.63, 3.8) is 0 Å². The van der Waals surface area contributed by atoms with Gasteiger partial charge in [-0.2, -0.15) is 5.11 Å². The van der Waals surface area contributed by atoms with Crippen molar-refractivity contribution in [2.24, 2.45) is 0 Å². The lowest BCUT2D eigenvalue weighted by molar-refractivity contribution is -0.272. The molecule has 0 aromatic carbocycles. The largest absolute Gasteiger partial charge is 0.394 e. The number of amides is 1. The maximum Gasteiger partial charge on any atom is 0.217 e. The van der Waals surface area contributed by atoms with Gasteiger partial charge in [0.15, 0.2) is 0 Å². The van der Waals surface area contributed by atoms with Crippen LogP contribution < -0.4 is 5.32 Å². The predicted octanol–water partition coefficient (Wildman–Crippen LogP) is -2.64. The Bertz CT molecular complexity index is 235. The van der Waals surface area contributed by atoms with E-state index in [-0.39, 0.29) is 0 Å². The average Bonchev–Trinajstić information content (AvgIpc) is 2.18. The highest BCUT2D eigenvalue weighted by atomic mass is 16.6. The zero-order chi connectivity index (χ0) is 11.6. The molecule has 1 radical (unpaired) electrons. The molecule has 1 rings (SSSR count). The molecule has 5 atom stereocenters. The van der Waals surface area contributed by atoms with E-state index in [1.807, 2.05) is 0 Å². The van der Waals surface area contributed by atoms with Crippen molar-refractivity contribution in [1.29, 1.82) is 0 Å². The fourth-order valence-electron chi connectivity index (χ4n) is 1.47. The molecule has 1 fully saturated rings. The molecule has 0 aromatic heterocycles. The Morgan fingerprint density at radius 3 is 2.47 bits per heavy atom. The van der Waals surface area contributed by atoms with Crippen LogP contribution in [0, 0.1) is 0 Å². The van der Waals surface area contributed by atoms with E-state index in [2.05, 4.69) is 5.32 Å². The lowest BCUT2D eigenvalue weighted by Crippen LogP contribution is -2.63. The third kappa shape index (κ3) is 2.64. The van der Waals surface area contributed by atoms with Crippen LogP contribution in [-0.4, -0.2) is 58.5 Å².